The normalized spacial score (nSPS) is 36.0. The van der Waals surface area contributed by atoms with Gasteiger partial charge in [-0.15, -0.1) is 5.67 Å². The van der Waals surface area contributed by atoms with Gasteiger partial charge in [0.1, 0.15) is 5.75 Å². The van der Waals surface area contributed by atoms with Crippen LogP contribution in [0.25, 0.3) is 0 Å². The van der Waals surface area contributed by atoms with E-state index in [0.29, 0.717) is 44.0 Å². The standard InChI is InChI=1S/C27H42O2Si/c1-17(2)11-13-30-16-26(3,4)23-15-18-14-19(28)6-7-20(18)21-10-12-27(5)22(25(21)23)8-9-24(27)29/h6-7,13-14,17,21-25,28-30H,8-12,15-16H2,1-5H3. The molecule has 6 unspecified atom stereocenters. The van der Waals surface area contributed by atoms with Gasteiger partial charge in [-0.1, -0.05) is 40.7 Å². The van der Waals surface area contributed by atoms with Gasteiger partial charge in [0, 0.05) is 0 Å². The summed E-state index contributed by atoms with van der Waals surface area (Å²) in [5, 5.41) is 21.1. The van der Waals surface area contributed by atoms with E-state index in [1.807, 2.05) is 12.1 Å². The summed E-state index contributed by atoms with van der Waals surface area (Å²) in [4.78, 5) is 0. The molecule has 0 saturated heterocycles. The van der Waals surface area contributed by atoms with Gasteiger partial charge >= 0.3 is 0 Å². The molecular formula is C27H42O2Si. The highest BCUT2D eigenvalue weighted by molar-refractivity contribution is 6.47. The van der Waals surface area contributed by atoms with Crippen molar-refractivity contribution in [1.82, 2.24) is 0 Å². The highest BCUT2D eigenvalue weighted by Gasteiger charge is 2.58. The van der Waals surface area contributed by atoms with Gasteiger partial charge in [0.15, 0.2) is 0 Å². The molecule has 0 amide bonds. The third kappa shape index (κ3) is 3.86. The van der Waals surface area contributed by atoms with E-state index in [1.165, 1.54) is 36.4 Å². The van der Waals surface area contributed by atoms with Gasteiger partial charge in [-0.25, -0.2) is 0 Å². The first-order valence-corrected chi connectivity index (χ1v) is 13.8. The number of phenols is 1. The van der Waals surface area contributed by atoms with Crippen molar-refractivity contribution in [3.05, 3.63) is 29.3 Å². The van der Waals surface area contributed by atoms with Gasteiger partial charge in [-0.2, -0.15) is 0 Å². The quantitative estimate of drug-likeness (QED) is 0.605. The van der Waals surface area contributed by atoms with Crippen LogP contribution in [-0.2, 0) is 6.42 Å². The van der Waals surface area contributed by atoms with Crippen molar-refractivity contribution in [2.75, 3.05) is 0 Å². The van der Waals surface area contributed by atoms with Crippen LogP contribution in [0.5, 0.6) is 5.75 Å². The van der Waals surface area contributed by atoms with Crippen molar-refractivity contribution in [2.24, 2.45) is 34.5 Å². The second kappa shape index (κ2) is 8.20. The summed E-state index contributed by atoms with van der Waals surface area (Å²) in [6.45, 7) is 12.0. The van der Waals surface area contributed by atoms with E-state index in [0.717, 1.165) is 25.2 Å². The molecule has 1 aromatic carbocycles. The second-order valence-electron chi connectivity index (χ2n) is 11.9. The molecule has 2 fully saturated rings. The maximum atomic E-state index is 10.9. The summed E-state index contributed by atoms with van der Waals surface area (Å²) in [5.74, 6) is 3.69. The SMILES string of the molecule is CC(C)CC=[SiH]CC(C)(C)C1Cc2cc(O)ccc2C2CCC3(C)C(O)CCC3C21. The number of hydrogen-bond acceptors (Lipinski definition) is 2. The molecule has 30 heavy (non-hydrogen) atoms. The first-order chi connectivity index (χ1) is 14.1. The second-order valence-corrected chi connectivity index (χ2v) is 13.3. The Morgan fingerprint density at radius 3 is 2.73 bits per heavy atom. The van der Waals surface area contributed by atoms with Crippen LogP contribution in [0, 0.1) is 34.5 Å². The minimum Gasteiger partial charge on any atom is -0.508 e. The highest BCUT2D eigenvalue weighted by Crippen LogP contribution is 2.64. The fourth-order valence-corrected chi connectivity index (χ4v) is 9.11. The zero-order chi connectivity index (χ0) is 21.7. The summed E-state index contributed by atoms with van der Waals surface area (Å²) >= 11 is 0. The molecular weight excluding hydrogens is 384 g/mol. The van der Waals surface area contributed by atoms with Crippen molar-refractivity contribution in [3.63, 3.8) is 0 Å². The van der Waals surface area contributed by atoms with Crippen molar-refractivity contribution in [3.8, 4) is 5.75 Å². The monoisotopic (exact) mass is 426 g/mol. The summed E-state index contributed by atoms with van der Waals surface area (Å²) in [5.41, 5.74) is 5.85. The number of aromatic hydroxyl groups is 1. The van der Waals surface area contributed by atoms with Crippen molar-refractivity contribution < 1.29 is 10.2 Å². The topological polar surface area (TPSA) is 40.5 Å². The summed E-state index contributed by atoms with van der Waals surface area (Å²) in [6, 6.07) is 7.46. The number of rotatable bonds is 5. The smallest absolute Gasteiger partial charge is 0.115 e. The third-order valence-corrected chi connectivity index (χ3v) is 11.0. The van der Waals surface area contributed by atoms with Crippen LogP contribution < -0.4 is 0 Å². The minimum absolute atomic E-state index is 0.0978. The fourth-order valence-electron chi connectivity index (χ4n) is 7.30. The van der Waals surface area contributed by atoms with E-state index in [4.69, 9.17) is 0 Å². The Balaban J connectivity index is 1.70. The van der Waals surface area contributed by atoms with E-state index in [-0.39, 0.29) is 11.5 Å². The number of aliphatic hydroxyl groups is 1. The average molecular weight is 427 g/mol. The Kier molecular flexibility index (Phi) is 6.09. The molecule has 0 aromatic heterocycles. The van der Waals surface area contributed by atoms with E-state index in [2.05, 4.69) is 46.4 Å². The predicted molar refractivity (Wildman–Crippen MR) is 129 cm³/mol. The molecule has 0 aliphatic heterocycles. The molecule has 6 atom stereocenters. The number of hydrogen-bond donors (Lipinski definition) is 2. The summed E-state index contributed by atoms with van der Waals surface area (Å²) in [6.07, 6.45) is 6.69. The van der Waals surface area contributed by atoms with Crippen molar-refractivity contribution >= 4 is 14.8 Å². The van der Waals surface area contributed by atoms with Crippen LogP contribution in [0.2, 0.25) is 6.04 Å². The van der Waals surface area contributed by atoms with E-state index in [1.54, 1.807) is 0 Å². The molecule has 2 saturated carbocycles. The molecule has 0 bridgehead atoms. The fraction of sp³-hybridized carbons (Fsp3) is 0.741. The van der Waals surface area contributed by atoms with E-state index >= 15 is 0 Å². The molecule has 0 heterocycles. The van der Waals surface area contributed by atoms with Crippen LogP contribution in [-0.4, -0.2) is 31.1 Å². The lowest BCUT2D eigenvalue weighted by atomic mass is 9.49. The lowest BCUT2D eigenvalue weighted by molar-refractivity contribution is -0.0564. The van der Waals surface area contributed by atoms with Crippen LogP contribution in [0.1, 0.15) is 83.8 Å². The first kappa shape index (κ1) is 22.3. The molecule has 3 aliphatic carbocycles. The molecule has 2 N–H and O–H groups in total. The third-order valence-electron chi connectivity index (χ3n) is 9.13. The molecule has 4 rings (SSSR count). The van der Waals surface area contributed by atoms with Gasteiger partial charge in [-0.05, 0) is 117 Å². The Morgan fingerprint density at radius 1 is 1.23 bits per heavy atom. The number of aliphatic hydroxyl groups excluding tert-OH is 1. The van der Waals surface area contributed by atoms with Gasteiger partial charge in [0.25, 0.3) is 0 Å². The Bertz CT molecular complexity index is 798. The van der Waals surface area contributed by atoms with E-state index in [9.17, 15) is 10.2 Å². The maximum Gasteiger partial charge on any atom is 0.115 e. The number of benzene rings is 1. The van der Waals surface area contributed by atoms with Gasteiger partial charge < -0.3 is 10.2 Å². The Hall–Kier alpha value is -0.933. The molecule has 2 nitrogen and oxygen atoms in total. The molecule has 166 valence electrons. The molecule has 1 aromatic rings. The number of fused-ring (bicyclic) bond motifs is 5. The lowest BCUT2D eigenvalue weighted by Crippen LogP contribution is -2.50. The van der Waals surface area contributed by atoms with Crippen molar-refractivity contribution in [2.45, 2.75) is 91.2 Å². The predicted octanol–water partition coefficient (Wildman–Crippen LogP) is 5.56. The summed E-state index contributed by atoms with van der Waals surface area (Å²) in [7, 11) is 0.375. The molecule has 3 heteroatoms. The Morgan fingerprint density at radius 2 is 2.00 bits per heavy atom. The van der Waals surface area contributed by atoms with Crippen LogP contribution in [0.3, 0.4) is 0 Å². The van der Waals surface area contributed by atoms with Crippen LogP contribution >= 0.6 is 0 Å². The molecule has 0 radical (unpaired) electrons. The van der Waals surface area contributed by atoms with Gasteiger partial charge in [-0.3, -0.25) is 0 Å². The summed E-state index contributed by atoms with van der Waals surface area (Å²) < 4.78 is 0. The first-order valence-electron chi connectivity index (χ1n) is 12.3. The Labute approximate surface area is 185 Å². The zero-order valence-corrected chi connectivity index (χ0v) is 20.8. The maximum absolute atomic E-state index is 10.9. The number of phenolic OH excluding ortho intramolecular Hbond substituents is 1. The lowest BCUT2D eigenvalue weighted by Gasteiger charge is -2.56. The molecule has 3 aliphatic rings. The van der Waals surface area contributed by atoms with Crippen LogP contribution in [0.15, 0.2) is 18.2 Å². The van der Waals surface area contributed by atoms with Crippen molar-refractivity contribution in [1.29, 1.82) is 0 Å². The average Bonchev–Trinajstić information content (AvgIpc) is 2.99. The molecule has 0 spiro atoms. The van der Waals surface area contributed by atoms with Gasteiger partial charge in [0.2, 0.25) is 0 Å². The zero-order valence-electron chi connectivity index (χ0n) is 19.7. The minimum atomic E-state index is -0.126. The highest BCUT2D eigenvalue weighted by atomic mass is 28.2. The van der Waals surface area contributed by atoms with Crippen LogP contribution in [0.4, 0.5) is 0 Å². The largest absolute Gasteiger partial charge is 0.508 e. The van der Waals surface area contributed by atoms with E-state index < -0.39 is 0 Å². The van der Waals surface area contributed by atoms with Gasteiger partial charge in [0.05, 0.1) is 6.10 Å².